The lowest BCUT2D eigenvalue weighted by Crippen LogP contribution is -2.37. The molecule has 22 heavy (non-hydrogen) atoms. The van der Waals surface area contributed by atoms with Crippen LogP contribution in [0.4, 0.5) is 10.5 Å². The molecule has 2 N–H and O–H groups in total. The maximum atomic E-state index is 12.1. The number of amides is 2. The van der Waals surface area contributed by atoms with Gasteiger partial charge in [0, 0.05) is 5.69 Å². The number of carbonyl (C=O) groups excluding carboxylic acids is 2. The molecule has 1 atom stereocenters. The predicted octanol–water partition coefficient (Wildman–Crippen LogP) is 3.03. The zero-order valence-corrected chi connectivity index (χ0v) is 12.5. The van der Waals surface area contributed by atoms with Crippen LogP contribution in [-0.2, 0) is 9.53 Å². The van der Waals surface area contributed by atoms with E-state index in [1.165, 1.54) is 7.11 Å². The number of hydrogen-bond acceptors (Lipinski definition) is 3. The van der Waals surface area contributed by atoms with Gasteiger partial charge in [-0.3, -0.25) is 0 Å². The highest BCUT2D eigenvalue weighted by molar-refractivity contribution is 5.93. The van der Waals surface area contributed by atoms with E-state index in [1.54, 1.807) is 30.3 Å². The summed E-state index contributed by atoms with van der Waals surface area (Å²) in [6, 6.07) is 15.0. The summed E-state index contributed by atoms with van der Waals surface area (Å²) in [5, 5.41) is 5.33. The molecule has 2 amide bonds. The fourth-order valence-electron chi connectivity index (χ4n) is 2.06. The first-order valence-electron chi connectivity index (χ1n) is 6.87. The molecule has 1 unspecified atom stereocenters. The van der Waals surface area contributed by atoms with E-state index in [1.807, 2.05) is 31.2 Å². The largest absolute Gasteiger partial charge is 0.467 e. The number of benzene rings is 2. The van der Waals surface area contributed by atoms with Crippen LogP contribution >= 0.6 is 0 Å². The zero-order valence-electron chi connectivity index (χ0n) is 12.5. The van der Waals surface area contributed by atoms with E-state index in [9.17, 15) is 9.59 Å². The summed E-state index contributed by atoms with van der Waals surface area (Å²) < 4.78 is 4.76. The van der Waals surface area contributed by atoms with E-state index in [4.69, 9.17) is 4.74 Å². The van der Waals surface area contributed by atoms with Gasteiger partial charge in [-0.05, 0) is 30.2 Å². The van der Waals surface area contributed by atoms with Crippen molar-refractivity contribution in [3.63, 3.8) is 0 Å². The second kappa shape index (κ2) is 7.26. The molecule has 5 nitrogen and oxygen atoms in total. The number of anilines is 1. The number of esters is 1. The fourth-order valence-corrected chi connectivity index (χ4v) is 2.06. The Bertz CT molecular complexity index is 656. The molecule has 0 saturated carbocycles. The first kappa shape index (κ1) is 15.6. The topological polar surface area (TPSA) is 67.4 Å². The van der Waals surface area contributed by atoms with Crippen LogP contribution in [0.15, 0.2) is 54.6 Å². The van der Waals surface area contributed by atoms with Crippen molar-refractivity contribution in [3.05, 3.63) is 65.7 Å². The minimum Gasteiger partial charge on any atom is -0.467 e. The lowest BCUT2D eigenvalue weighted by atomic mass is 10.1. The van der Waals surface area contributed by atoms with Crippen LogP contribution in [0.1, 0.15) is 17.2 Å². The summed E-state index contributed by atoms with van der Waals surface area (Å²) in [6.07, 6.45) is 0. The average Bonchev–Trinajstić information content (AvgIpc) is 2.53. The van der Waals surface area contributed by atoms with Crippen molar-refractivity contribution in [3.8, 4) is 0 Å². The Morgan fingerprint density at radius 2 is 1.77 bits per heavy atom. The van der Waals surface area contributed by atoms with E-state index in [-0.39, 0.29) is 0 Å². The Hall–Kier alpha value is -2.82. The summed E-state index contributed by atoms with van der Waals surface area (Å²) >= 11 is 0. The van der Waals surface area contributed by atoms with Gasteiger partial charge in [-0.2, -0.15) is 0 Å². The predicted molar refractivity (Wildman–Crippen MR) is 84.5 cm³/mol. The second-order valence-corrected chi connectivity index (χ2v) is 4.83. The Labute approximate surface area is 129 Å². The molecule has 0 aromatic heterocycles. The molecular formula is C17H18N2O3. The zero-order chi connectivity index (χ0) is 15.9. The van der Waals surface area contributed by atoms with E-state index in [2.05, 4.69) is 10.6 Å². The van der Waals surface area contributed by atoms with Gasteiger partial charge in [0.25, 0.3) is 0 Å². The van der Waals surface area contributed by atoms with Crippen LogP contribution in [0.3, 0.4) is 0 Å². The van der Waals surface area contributed by atoms with E-state index in [0.717, 1.165) is 5.56 Å². The molecule has 0 aliphatic heterocycles. The van der Waals surface area contributed by atoms with E-state index in [0.29, 0.717) is 11.3 Å². The number of carbonyl (C=O) groups is 2. The van der Waals surface area contributed by atoms with Crippen LogP contribution in [0.5, 0.6) is 0 Å². The van der Waals surface area contributed by atoms with Crippen molar-refractivity contribution in [1.82, 2.24) is 5.32 Å². The highest BCUT2D eigenvalue weighted by Gasteiger charge is 2.23. The highest BCUT2D eigenvalue weighted by atomic mass is 16.5. The third-order valence-corrected chi connectivity index (χ3v) is 3.12. The molecule has 0 aliphatic rings. The van der Waals surface area contributed by atoms with E-state index < -0.39 is 18.0 Å². The molecule has 0 bridgehead atoms. The number of hydrogen-bond donors (Lipinski definition) is 2. The Kier molecular flexibility index (Phi) is 5.14. The molecule has 0 radical (unpaired) electrons. The number of aryl methyl sites for hydroxylation is 1. The molecule has 0 aliphatic carbocycles. The minimum absolute atomic E-state index is 0.468. The number of methoxy groups -OCH3 is 1. The van der Waals surface area contributed by atoms with Gasteiger partial charge in [-0.1, -0.05) is 42.5 Å². The van der Waals surface area contributed by atoms with Crippen LogP contribution in [-0.4, -0.2) is 19.1 Å². The summed E-state index contributed by atoms with van der Waals surface area (Å²) in [4.78, 5) is 24.0. The molecular weight excluding hydrogens is 280 g/mol. The van der Waals surface area contributed by atoms with Crippen LogP contribution < -0.4 is 10.6 Å². The number of rotatable bonds is 4. The number of nitrogens with one attached hydrogen (secondary N) is 2. The normalized spacial score (nSPS) is 11.4. The minimum atomic E-state index is -0.851. The Morgan fingerprint density at radius 3 is 2.41 bits per heavy atom. The standard InChI is InChI=1S/C17H18N2O3/c1-12-7-6-10-14(11-12)18-17(21)19-15(16(20)22-2)13-8-4-3-5-9-13/h3-11,15H,1-2H3,(H2,18,19,21). The van der Waals surface area contributed by atoms with Crippen molar-refractivity contribution in [2.75, 3.05) is 12.4 Å². The molecule has 2 rings (SSSR count). The lowest BCUT2D eigenvalue weighted by Gasteiger charge is -2.17. The summed E-state index contributed by atoms with van der Waals surface area (Å²) in [5.74, 6) is -0.523. The summed E-state index contributed by atoms with van der Waals surface area (Å²) in [6.45, 7) is 1.93. The molecule has 0 spiro atoms. The van der Waals surface area contributed by atoms with Gasteiger partial charge in [-0.25, -0.2) is 9.59 Å². The number of ether oxygens (including phenoxy) is 1. The molecule has 5 heteroatoms. The van der Waals surface area contributed by atoms with Gasteiger partial charge in [-0.15, -0.1) is 0 Å². The van der Waals surface area contributed by atoms with Gasteiger partial charge in [0.15, 0.2) is 6.04 Å². The molecule has 114 valence electrons. The van der Waals surface area contributed by atoms with Gasteiger partial charge in [0.1, 0.15) is 0 Å². The summed E-state index contributed by atoms with van der Waals surface area (Å²) in [7, 11) is 1.29. The van der Waals surface area contributed by atoms with Gasteiger partial charge < -0.3 is 15.4 Å². The lowest BCUT2D eigenvalue weighted by molar-refractivity contribution is -0.143. The second-order valence-electron chi connectivity index (χ2n) is 4.83. The molecule has 0 saturated heterocycles. The Morgan fingerprint density at radius 1 is 1.05 bits per heavy atom. The maximum absolute atomic E-state index is 12.1. The third-order valence-electron chi connectivity index (χ3n) is 3.12. The van der Waals surface area contributed by atoms with Crippen molar-refractivity contribution in [2.24, 2.45) is 0 Å². The third kappa shape index (κ3) is 4.09. The SMILES string of the molecule is COC(=O)C(NC(=O)Nc1cccc(C)c1)c1ccccc1. The smallest absolute Gasteiger partial charge is 0.333 e. The first-order valence-corrected chi connectivity index (χ1v) is 6.87. The molecule has 2 aromatic rings. The van der Waals surface area contributed by atoms with Crippen molar-refractivity contribution >= 4 is 17.7 Å². The van der Waals surface area contributed by atoms with E-state index >= 15 is 0 Å². The molecule has 0 fully saturated rings. The van der Waals surface area contributed by atoms with Crippen LogP contribution in [0.25, 0.3) is 0 Å². The quantitative estimate of drug-likeness (QED) is 0.853. The monoisotopic (exact) mass is 298 g/mol. The summed E-state index contributed by atoms with van der Waals surface area (Å²) in [5.41, 5.74) is 2.35. The molecule has 2 aromatic carbocycles. The van der Waals surface area contributed by atoms with Crippen molar-refractivity contribution in [2.45, 2.75) is 13.0 Å². The highest BCUT2D eigenvalue weighted by Crippen LogP contribution is 2.15. The molecule has 0 heterocycles. The number of urea groups is 1. The Balaban J connectivity index is 2.10. The van der Waals surface area contributed by atoms with Crippen LogP contribution in [0.2, 0.25) is 0 Å². The van der Waals surface area contributed by atoms with Gasteiger partial charge >= 0.3 is 12.0 Å². The van der Waals surface area contributed by atoms with Gasteiger partial charge in [0.05, 0.1) is 7.11 Å². The van der Waals surface area contributed by atoms with Crippen molar-refractivity contribution in [1.29, 1.82) is 0 Å². The van der Waals surface area contributed by atoms with Crippen molar-refractivity contribution < 1.29 is 14.3 Å². The maximum Gasteiger partial charge on any atom is 0.333 e. The van der Waals surface area contributed by atoms with Gasteiger partial charge in [0.2, 0.25) is 0 Å². The average molecular weight is 298 g/mol. The van der Waals surface area contributed by atoms with Crippen LogP contribution in [0, 0.1) is 6.92 Å². The fraction of sp³-hybridized carbons (Fsp3) is 0.176. The first-order chi connectivity index (χ1) is 10.6.